The van der Waals surface area contributed by atoms with Crippen LogP contribution in [0.5, 0.6) is 11.5 Å². The van der Waals surface area contributed by atoms with Gasteiger partial charge in [-0.15, -0.1) is 0 Å². The van der Waals surface area contributed by atoms with E-state index in [9.17, 15) is 13.6 Å². The van der Waals surface area contributed by atoms with Gasteiger partial charge < -0.3 is 9.47 Å². The van der Waals surface area contributed by atoms with Gasteiger partial charge in [-0.3, -0.25) is 0 Å². The number of carbonyl (C=O) groups excluding carboxylic acids is 1. The lowest BCUT2D eigenvalue weighted by Gasteiger charge is -2.18. The highest BCUT2D eigenvalue weighted by Gasteiger charge is 2.34. The molecule has 0 aliphatic rings. The van der Waals surface area contributed by atoms with Gasteiger partial charge in [0.25, 0.3) is 0 Å². The molecule has 0 N–H and O–H groups in total. The second kappa shape index (κ2) is 16.0. The molecule has 0 aliphatic carbocycles. The van der Waals surface area contributed by atoms with Crippen LogP contribution in [0, 0.1) is 0 Å². The Morgan fingerprint density at radius 3 is 2.02 bits per heavy atom. The van der Waals surface area contributed by atoms with Gasteiger partial charge in [0.2, 0.25) is 5.67 Å². The van der Waals surface area contributed by atoms with E-state index in [2.05, 4.69) is 16.9 Å². The molecule has 1 heterocycles. The van der Waals surface area contributed by atoms with E-state index in [1.165, 1.54) is 19.8 Å². The monoisotopic (exact) mass is 552 g/mol. The van der Waals surface area contributed by atoms with Gasteiger partial charge in [0.1, 0.15) is 24.3 Å². The molecule has 0 radical (unpaired) electrons. The van der Waals surface area contributed by atoms with Crippen molar-refractivity contribution in [2.24, 2.45) is 0 Å². The van der Waals surface area contributed by atoms with Crippen molar-refractivity contribution < 1.29 is 23.0 Å². The summed E-state index contributed by atoms with van der Waals surface area (Å²) in [7, 11) is 0. The van der Waals surface area contributed by atoms with Crippen molar-refractivity contribution in [3.05, 3.63) is 60.9 Å². The fraction of sp³-hybridized carbons (Fsp3) is 0.485. The molecular formula is C33H42F2N2O3. The Morgan fingerprint density at radius 2 is 1.38 bits per heavy atom. The van der Waals surface area contributed by atoms with E-state index in [0.717, 1.165) is 48.8 Å². The van der Waals surface area contributed by atoms with Crippen molar-refractivity contribution in [1.29, 1.82) is 0 Å². The Morgan fingerprint density at radius 1 is 0.800 bits per heavy atom. The number of rotatable bonds is 17. The second-order valence-electron chi connectivity index (χ2n) is 10.5. The first kappa shape index (κ1) is 31.2. The molecule has 7 heteroatoms. The molecule has 0 saturated heterocycles. The van der Waals surface area contributed by atoms with E-state index >= 15 is 0 Å². The van der Waals surface area contributed by atoms with Gasteiger partial charge in [0.05, 0.1) is 0 Å². The van der Waals surface area contributed by atoms with Gasteiger partial charge in [-0.05, 0) is 68.1 Å². The topological polar surface area (TPSA) is 61.3 Å². The predicted molar refractivity (Wildman–Crippen MR) is 156 cm³/mol. The third kappa shape index (κ3) is 10.00. The summed E-state index contributed by atoms with van der Waals surface area (Å²) < 4.78 is 39.6. The van der Waals surface area contributed by atoms with Gasteiger partial charge in [-0.2, -0.15) is 0 Å². The molecule has 2 unspecified atom stereocenters. The molecular weight excluding hydrogens is 510 g/mol. The quantitative estimate of drug-likeness (QED) is 0.0949. The first-order chi connectivity index (χ1) is 19.3. The number of hydrogen-bond donors (Lipinski definition) is 0. The van der Waals surface area contributed by atoms with Crippen LogP contribution in [0.1, 0.15) is 85.0 Å². The standard InChI is InChI=1S/C33H42F2N2O3/c1-4-6-8-9-10-11-21-33(3,35)32(38)40-30-19-13-25(14-20-30)27-22-36-31(37-23-27)26-15-17-29(18-16-26)39-24-28(34)12-7-5-2/h13-20,22-23,28H,4-12,21,24H2,1-3H3. The number of halogens is 2. The van der Waals surface area contributed by atoms with Crippen LogP contribution in [0.4, 0.5) is 8.78 Å². The maximum atomic E-state index is 14.9. The van der Waals surface area contributed by atoms with Crippen LogP contribution in [0.15, 0.2) is 60.9 Å². The molecule has 0 fully saturated rings. The highest BCUT2D eigenvalue weighted by molar-refractivity contribution is 5.81. The lowest BCUT2D eigenvalue weighted by molar-refractivity contribution is -0.147. The van der Waals surface area contributed by atoms with Crippen LogP contribution >= 0.6 is 0 Å². The normalized spacial score (nSPS) is 13.4. The van der Waals surface area contributed by atoms with Crippen LogP contribution < -0.4 is 9.47 Å². The van der Waals surface area contributed by atoms with Crippen molar-refractivity contribution in [3.8, 4) is 34.0 Å². The largest absolute Gasteiger partial charge is 0.491 e. The van der Waals surface area contributed by atoms with Gasteiger partial charge in [0, 0.05) is 23.5 Å². The molecule has 0 aliphatic heterocycles. The average molecular weight is 553 g/mol. The molecule has 3 rings (SSSR count). The van der Waals surface area contributed by atoms with Crippen molar-refractivity contribution in [3.63, 3.8) is 0 Å². The highest BCUT2D eigenvalue weighted by Crippen LogP contribution is 2.27. The SMILES string of the molecule is CCCCCCCCC(C)(F)C(=O)Oc1ccc(-c2cnc(-c3ccc(OCC(F)CCCC)cc3)nc2)cc1. The molecule has 0 amide bonds. The number of esters is 1. The molecule has 0 spiro atoms. The van der Waals surface area contributed by atoms with Crippen LogP contribution in [0.3, 0.4) is 0 Å². The Labute approximate surface area is 237 Å². The number of aromatic nitrogens is 2. The fourth-order valence-electron chi connectivity index (χ4n) is 4.29. The zero-order valence-electron chi connectivity index (χ0n) is 24.0. The number of benzene rings is 2. The lowest BCUT2D eigenvalue weighted by atomic mass is 9.99. The summed E-state index contributed by atoms with van der Waals surface area (Å²) in [5.41, 5.74) is 0.441. The summed E-state index contributed by atoms with van der Waals surface area (Å²) in [4.78, 5) is 21.4. The zero-order chi connectivity index (χ0) is 28.8. The molecule has 0 bridgehead atoms. The van der Waals surface area contributed by atoms with E-state index in [1.54, 1.807) is 48.8 Å². The summed E-state index contributed by atoms with van der Waals surface area (Å²) in [5, 5.41) is 0. The first-order valence-corrected chi connectivity index (χ1v) is 14.5. The molecule has 3 aromatic rings. The van der Waals surface area contributed by atoms with Crippen molar-refractivity contribution in [2.75, 3.05) is 6.61 Å². The number of alkyl halides is 2. The highest BCUT2D eigenvalue weighted by atomic mass is 19.1. The number of carbonyl (C=O) groups is 1. The maximum absolute atomic E-state index is 14.9. The Bertz CT molecular complexity index is 1150. The molecule has 2 aromatic carbocycles. The Hall–Kier alpha value is -3.35. The van der Waals surface area contributed by atoms with E-state index < -0.39 is 17.8 Å². The summed E-state index contributed by atoms with van der Waals surface area (Å²) in [5.74, 6) is 0.597. The molecule has 40 heavy (non-hydrogen) atoms. The number of nitrogens with zero attached hydrogens (tertiary/aromatic N) is 2. The van der Waals surface area contributed by atoms with Crippen LogP contribution in [0.2, 0.25) is 0 Å². The minimum Gasteiger partial charge on any atom is -0.491 e. The van der Waals surface area contributed by atoms with Gasteiger partial charge in [0.15, 0.2) is 5.82 Å². The number of ether oxygens (including phenoxy) is 2. The zero-order valence-corrected chi connectivity index (χ0v) is 24.0. The summed E-state index contributed by atoms with van der Waals surface area (Å²) >= 11 is 0. The molecule has 2 atom stereocenters. The minimum absolute atomic E-state index is 0.0504. The molecule has 5 nitrogen and oxygen atoms in total. The van der Waals surface area contributed by atoms with Gasteiger partial charge >= 0.3 is 5.97 Å². The summed E-state index contributed by atoms with van der Waals surface area (Å²) in [6.45, 7) is 5.54. The smallest absolute Gasteiger partial charge is 0.348 e. The molecule has 216 valence electrons. The Balaban J connectivity index is 1.51. The summed E-state index contributed by atoms with van der Waals surface area (Å²) in [6, 6.07) is 14.1. The van der Waals surface area contributed by atoms with Gasteiger partial charge in [-0.1, -0.05) is 70.9 Å². The van der Waals surface area contributed by atoms with Crippen molar-refractivity contribution >= 4 is 5.97 Å². The second-order valence-corrected chi connectivity index (χ2v) is 10.5. The lowest BCUT2D eigenvalue weighted by Crippen LogP contribution is -2.34. The minimum atomic E-state index is -2.01. The van der Waals surface area contributed by atoms with E-state index in [-0.39, 0.29) is 13.0 Å². The van der Waals surface area contributed by atoms with E-state index in [0.29, 0.717) is 30.2 Å². The van der Waals surface area contributed by atoms with Crippen LogP contribution in [0.25, 0.3) is 22.5 Å². The first-order valence-electron chi connectivity index (χ1n) is 14.5. The maximum Gasteiger partial charge on any atom is 0.348 e. The Kier molecular flexibility index (Phi) is 12.5. The van der Waals surface area contributed by atoms with Gasteiger partial charge in [-0.25, -0.2) is 23.5 Å². The number of hydrogen-bond acceptors (Lipinski definition) is 5. The molecule has 0 saturated carbocycles. The van der Waals surface area contributed by atoms with Crippen LogP contribution in [-0.4, -0.2) is 34.4 Å². The van der Waals surface area contributed by atoms with Crippen LogP contribution in [-0.2, 0) is 4.79 Å². The molecule has 1 aromatic heterocycles. The number of unbranched alkanes of at least 4 members (excludes halogenated alkanes) is 6. The fourth-order valence-corrected chi connectivity index (χ4v) is 4.29. The van der Waals surface area contributed by atoms with Crippen molar-refractivity contribution in [2.45, 2.75) is 96.8 Å². The van der Waals surface area contributed by atoms with Crippen molar-refractivity contribution in [1.82, 2.24) is 9.97 Å². The third-order valence-corrected chi connectivity index (χ3v) is 6.89. The van der Waals surface area contributed by atoms with E-state index in [4.69, 9.17) is 9.47 Å². The summed E-state index contributed by atoms with van der Waals surface area (Å²) in [6.07, 6.45) is 11.1. The third-order valence-electron chi connectivity index (χ3n) is 6.89. The average Bonchev–Trinajstić information content (AvgIpc) is 2.97. The van der Waals surface area contributed by atoms with E-state index in [1.807, 2.05) is 19.1 Å². The predicted octanol–water partition coefficient (Wildman–Crippen LogP) is 9.10.